The lowest BCUT2D eigenvalue weighted by Gasteiger charge is -2.40. The van der Waals surface area contributed by atoms with Crippen LogP contribution < -0.4 is 9.57 Å². The smallest absolute Gasteiger partial charge is 0.158 e. The molecule has 0 saturated heterocycles. The molecule has 0 aromatic heterocycles. The van der Waals surface area contributed by atoms with E-state index < -0.39 is 6.10 Å². The van der Waals surface area contributed by atoms with Crippen molar-refractivity contribution in [2.45, 2.75) is 65.1 Å². The molecule has 2 aliphatic rings. The first kappa shape index (κ1) is 20.1. The fourth-order valence-corrected chi connectivity index (χ4v) is 3.93. The average molecular weight is 368 g/mol. The number of hydrogen-bond acceptors (Lipinski definition) is 4. The Morgan fingerprint density at radius 3 is 2.64 bits per heavy atom. The molecule has 0 amide bonds. The third-order valence-electron chi connectivity index (χ3n) is 4.85. The normalized spacial score (nSPS) is 19.5. The molecule has 0 spiro atoms. The highest BCUT2D eigenvalue weighted by molar-refractivity contribution is 5.85. The van der Waals surface area contributed by atoms with Gasteiger partial charge in [-0.25, -0.2) is 0 Å². The van der Waals surface area contributed by atoms with Gasteiger partial charge in [0.1, 0.15) is 11.4 Å². The predicted octanol–water partition coefficient (Wildman–Crippen LogP) is 4.52. The number of aryl methyl sites for hydroxylation is 1. The monoisotopic (exact) mass is 367 g/mol. The van der Waals surface area contributed by atoms with E-state index in [1.165, 1.54) is 24.0 Å². The van der Waals surface area contributed by atoms with Crippen LogP contribution in [0.1, 0.15) is 57.6 Å². The lowest BCUT2D eigenvalue weighted by molar-refractivity contribution is -0.0583. The topological polar surface area (TPSA) is 41.9 Å². The Kier molecular flexibility index (Phi) is 6.08. The molecule has 1 aromatic carbocycles. The number of nitrogens with zero attached hydrogens (tertiary/aromatic N) is 1. The first-order chi connectivity index (χ1) is 11.3. The van der Waals surface area contributed by atoms with Gasteiger partial charge >= 0.3 is 0 Å². The quantitative estimate of drug-likeness (QED) is 0.794. The van der Waals surface area contributed by atoms with E-state index in [0.717, 1.165) is 35.5 Å². The number of halogens is 1. The number of fused-ring (bicyclic) bond motifs is 2. The fourth-order valence-electron chi connectivity index (χ4n) is 3.93. The van der Waals surface area contributed by atoms with E-state index in [1.807, 2.05) is 7.05 Å². The number of aliphatic hydroxyl groups excluding tert-OH is 1. The van der Waals surface area contributed by atoms with Gasteiger partial charge in [0.2, 0.25) is 0 Å². The molecule has 0 radical (unpaired) electrons. The maximum absolute atomic E-state index is 9.59. The zero-order valence-electron chi connectivity index (χ0n) is 15.9. The van der Waals surface area contributed by atoms with Crippen molar-refractivity contribution in [1.29, 1.82) is 0 Å². The SMILES string of the molecule is Cc1cc(ON(C)CC(C)O)c2c(c1)OC(C)(C)C1=C2CCCC1.Cl. The van der Waals surface area contributed by atoms with Crippen LogP contribution in [0, 0.1) is 6.92 Å². The molecule has 5 heteroatoms. The Morgan fingerprint density at radius 1 is 1.28 bits per heavy atom. The maximum Gasteiger partial charge on any atom is 0.158 e. The van der Waals surface area contributed by atoms with Gasteiger partial charge in [0, 0.05) is 7.05 Å². The van der Waals surface area contributed by atoms with Crippen LogP contribution in [0.4, 0.5) is 0 Å². The van der Waals surface area contributed by atoms with E-state index in [-0.39, 0.29) is 18.0 Å². The van der Waals surface area contributed by atoms with Crippen LogP contribution >= 0.6 is 12.4 Å². The first-order valence-corrected chi connectivity index (χ1v) is 8.91. The molecule has 1 aliphatic heterocycles. The molecule has 140 valence electrons. The Morgan fingerprint density at radius 2 is 1.96 bits per heavy atom. The lowest BCUT2D eigenvalue weighted by Crippen LogP contribution is -2.36. The van der Waals surface area contributed by atoms with E-state index >= 15 is 0 Å². The largest absolute Gasteiger partial charge is 0.483 e. The van der Waals surface area contributed by atoms with Crippen molar-refractivity contribution in [2.24, 2.45) is 0 Å². The molecule has 1 N–H and O–H groups in total. The molecular weight excluding hydrogens is 338 g/mol. The molecule has 0 fully saturated rings. The third kappa shape index (κ3) is 4.13. The van der Waals surface area contributed by atoms with E-state index in [0.29, 0.717) is 6.54 Å². The predicted molar refractivity (Wildman–Crippen MR) is 103 cm³/mol. The number of hydrogen-bond donors (Lipinski definition) is 1. The summed E-state index contributed by atoms with van der Waals surface area (Å²) in [6, 6.07) is 4.18. The summed E-state index contributed by atoms with van der Waals surface area (Å²) in [6.07, 6.45) is 4.18. The molecule has 4 nitrogen and oxygen atoms in total. The molecule has 25 heavy (non-hydrogen) atoms. The Balaban J connectivity index is 0.00000225. The van der Waals surface area contributed by atoms with Crippen molar-refractivity contribution in [3.8, 4) is 11.5 Å². The minimum atomic E-state index is -0.435. The summed E-state index contributed by atoms with van der Waals surface area (Å²) >= 11 is 0. The second-order valence-electron chi connectivity index (χ2n) is 7.66. The maximum atomic E-state index is 9.59. The summed E-state index contributed by atoms with van der Waals surface area (Å²) in [4.78, 5) is 6.08. The van der Waals surface area contributed by atoms with Crippen molar-refractivity contribution in [3.05, 3.63) is 28.8 Å². The Labute approximate surface area is 157 Å². The van der Waals surface area contributed by atoms with Crippen molar-refractivity contribution in [2.75, 3.05) is 13.6 Å². The molecule has 1 atom stereocenters. The molecular formula is C20H30ClNO3. The summed E-state index contributed by atoms with van der Waals surface area (Å²) in [5.74, 6) is 1.75. The number of hydroxylamine groups is 2. The van der Waals surface area contributed by atoms with Gasteiger partial charge in [0.15, 0.2) is 5.75 Å². The highest BCUT2D eigenvalue weighted by atomic mass is 35.5. The highest BCUT2D eigenvalue weighted by Gasteiger charge is 2.37. The number of benzene rings is 1. The number of aliphatic hydroxyl groups is 1. The van der Waals surface area contributed by atoms with Crippen molar-refractivity contribution >= 4 is 18.0 Å². The zero-order chi connectivity index (χ0) is 17.5. The van der Waals surface area contributed by atoms with Gasteiger partial charge in [0.25, 0.3) is 0 Å². The summed E-state index contributed by atoms with van der Waals surface area (Å²) < 4.78 is 6.37. The number of likely N-dealkylation sites (N-methyl/N-ethyl adjacent to an activating group) is 1. The second kappa shape index (κ2) is 7.56. The van der Waals surface area contributed by atoms with Gasteiger partial charge in [-0.2, -0.15) is 0 Å². The lowest BCUT2D eigenvalue weighted by atomic mass is 9.77. The molecule has 1 aliphatic carbocycles. The molecule has 1 unspecified atom stereocenters. The van der Waals surface area contributed by atoms with Crippen molar-refractivity contribution in [3.63, 3.8) is 0 Å². The standard InChI is InChI=1S/C20H29NO3.ClH/c1-13-10-17-19(18(11-13)24-21(5)12-14(2)22)15-8-6-7-9-16(15)20(3,4)23-17;/h10-11,14,22H,6-9,12H2,1-5H3;1H. The third-order valence-corrected chi connectivity index (χ3v) is 4.85. The van der Waals surface area contributed by atoms with Crippen LogP contribution in [0.25, 0.3) is 5.57 Å². The van der Waals surface area contributed by atoms with Crippen molar-refractivity contribution in [1.82, 2.24) is 5.06 Å². The van der Waals surface area contributed by atoms with E-state index in [1.54, 1.807) is 12.0 Å². The number of ether oxygens (including phenoxy) is 1. The van der Waals surface area contributed by atoms with Gasteiger partial charge in [-0.1, -0.05) is 0 Å². The van der Waals surface area contributed by atoms with Crippen LogP contribution in [0.15, 0.2) is 17.7 Å². The van der Waals surface area contributed by atoms with Crippen LogP contribution in [0.3, 0.4) is 0 Å². The zero-order valence-corrected chi connectivity index (χ0v) is 16.7. The van der Waals surface area contributed by atoms with E-state index in [9.17, 15) is 5.11 Å². The Hall–Kier alpha value is -1.23. The Bertz CT molecular complexity index is 667. The van der Waals surface area contributed by atoms with Gasteiger partial charge in [-0.3, -0.25) is 0 Å². The summed E-state index contributed by atoms with van der Waals surface area (Å²) in [5.41, 5.74) is 4.78. The minimum Gasteiger partial charge on any atom is -0.483 e. The minimum absolute atomic E-state index is 0. The van der Waals surface area contributed by atoms with E-state index in [2.05, 4.69) is 32.9 Å². The molecule has 1 aromatic rings. The second-order valence-corrected chi connectivity index (χ2v) is 7.66. The van der Waals surface area contributed by atoms with Gasteiger partial charge in [-0.05, 0) is 82.2 Å². The van der Waals surface area contributed by atoms with Crippen LogP contribution in [0.5, 0.6) is 11.5 Å². The van der Waals surface area contributed by atoms with Crippen LogP contribution in [-0.4, -0.2) is 35.5 Å². The van der Waals surface area contributed by atoms with Gasteiger partial charge in [0.05, 0.1) is 18.2 Å². The number of rotatable bonds is 4. The van der Waals surface area contributed by atoms with Gasteiger partial charge < -0.3 is 14.7 Å². The molecule has 3 rings (SSSR count). The molecule has 0 saturated carbocycles. The summed E-state index contributed by atoms with van der Waals surface area (Å²) in [5, 5.41) is 11.3. The summed E-state index contributed by atoms with van der Waals surface area (Å²) in [6.45, 7) is 8.61. The average Bonchev–Trinajstić information content (AvgIpc) is 2.45. The van der Waals surface area contributed by atoms with Crippen molar-refractivity contribution < 1.29 is 14.7 Å². The number of allylic oxidation sites excluding steroid dienone is 1. The van der Waals surface area contributed by atoms with Crippen LogP contribution in [0.2, 0.25) is 0 Å². The molecule has 1 heterocycles. The highest BCUT2D eigenvalue weighted by Crippen LogP contribution is 2.50. The summed E-state index contributed by atoms with van der Waals surface area (Å²) in [7, 11) is 1.85. The van der Waals surface area contributed by atoms with Crippen LogP contribution in [-0.2, 0) is 0 Å². The van der Waals surface area contributed by atoms with E-state index in [4.69, 9.17) is 9.57 Å². The fraction of sp³-hybridized carbons (Fsp3) is 0.600. The molecule has 0 bridgehead atoms. The van der Waals surface area contributed by atoms with Gasteiger partial charge in [-0.15, -0.1) is 17.5 Å². The first-order valence-electron chi connectivity index (χ1n) is 8.91.